The number of fused-ring (bicyclic) bond motifs is 1. The first-order valence-electron chi connectivity index (χ1n) is 10.3. The number of anilines is 1. The number of likely N-dealkylation sites (tertiary alicyclic amines) is 1. The molecule has 1 atom stereocenters. The molecule has 0 aliphatic carbocycles. The summed E-state index contributed by atoms with van der Waals surface area (Å²) in [4.78, 5) is 18.7. The van der Waals surface area contributed by atoms with E-state index in [0.717, 1.165) is 18.2 Å². The number of oxazole rings is 1. The van der Waals surface area contributed by atoms with Crippen molar-refractivity contribution < 1.29 is 26.8 Å². The minimum Gasteiger partial charge on any atom is -0.438 e. The average molecular weight is 455 g/mol. The topological polar surface area (TPSA) is 58.4 Å². The number of urea groups is 1. The van der Waals surface area contributed by atoms with Crippen LogP contribution in [0.4, 0.5) is 28.0 Å². The lowest BCUT2D eigenvalue weighted by Crippen LogP contribution is -2.34. The zero-order valence-electron chi connectivity index (χ0n) is 17.1. The summed E-state index contributed by atoms with van der Waals surface area (Å²) in [5.74, 6) is -2.67. The molecule has 5 nitrogen and oxygen atoms in total. The zero-order valence-corrected chi connectivity index (χ0v) is 17.1. The zero-order chi connectivity index (χ0) is 23.1. The second-order valence-corrected chi connectivity index (χ2v) is 7.76. The van der Waals surface area contributed by atoms with E-state index in [4.69, 9.17) is 4.42 Å². The Labute approximate surface area is 185 Å². The lowest BCUT2D eigenvalue weighted by Gasteiger charge is -2.22. The largest absolute Gasteiger partial charge is 0.438 e. The molecule has 1 aliphatic heterocycles. The SMILES string of the molecule is O=C(Nc1ccc(F)cc1F)N1CCC[C@@H]1c1nc2cc(-c3ccc(F)cc3F)ccc2o1. The number of nitrogens with one attached hydrogen (secondary N) is 1. The Hall–Kier alpha value is -3.88. The molecule has 1 N–H and O–H groups in total. The summed E-state index contributed by atoms with van der Waals surface area (Å²) < 4.78 is 60.3. The molecular formula is C24H17F4N3O2. The summed E-state index contributed by atoms with van der Waals surface area (Å²) in [5.41, 5.74) is 1.52. The fourth-order valence-corrected chi connectivity index (χ4v) is 4.02. The van der Waals surface area contributed by atoms with Crippen molar-refractivity contribution in [2.45, 2.75) is 18.9 Å². The Kier molecular flexibility index (Phi) is 5.24. The van der Waals surface area contributed by atoms with Crippen LogP contribution < -0.4 is 5.32 Å². The van der Waals surface area contributed by atoms with Crippen molar-refractivity contribution in [3.05, 3.63) is 83.8 Å². The van der Waals surface area contributed by atoms with E-state index in [2.05, 4.69) is 10.3 Å². The van der Waals surface area contributed by atoms with Crippen LogP contribution in [-0.2, 0) is 0 Å². The highest BCUT2D eigenvalue weighted by molar-refractivity contribution is 5.90. The predicted molar refractivity (Wildman–Crippen MR) is 113 cm³/mol. The third-order valence-electron chi connectivity index (χ3n) is 5.62. The van der Waals surface area contributed by atoms with E-state index in [-0.39, 0.29) is 11.3 Å². The molecule has 33 heavy (non-hydrogen) atoms. The smallest absolute Gasteiger partial charge is 0.322 e. The molecule has 0 saturated carbocycles. The van der Waals surface area contributed by atoms with Gasteiger partial charge in [-0.2, -0.15) is 0 Å². The monoisotopic (exact) mass is 455 g/mol. The molecule has 168 valence electrons. The molecule has 3 aromatic carbocycles. The van der Waals surface area contributed by atoms with Crippen molar-refractivity contribution in [2.24, 2.45) is 0 Å². The maximum atomic E-state index is 14.2. The van der Waals surface area contributed by atoms with Gasteiger partial charge in [0.2, 0.25) is 5.89 Å². The first kappa shape index (κ1) is 21.0. The maximum Gasteiger partial charge on any atom is 0.322 e. The number of carbonyl (C=O) groups is 1. The van der Waals surface area contributed by atoms with E-state index in [1.807, 2.05) is 0 Å². The first-order valence-corrected chi connectivity index (χ1v) is 10.3. The summed E-state index contributed by atoms with van der Waals surface area (Å²) >= 11 is 0. The molecular weight excluding hydrogens is 438 g/mol. The van der Waals surface area contributed by atoms with Crippen molar-refractivity contribution in [3.8, 4) is 11.1 Å². The molecule has 1 aliphatic rings. The molecule has 2 heterocycles. The number of hydrogen-bond donors (Lipinski definition) is 1. The van der Waals surface area contributed by atoms with Crippen LogP contribution in [0.5, 0.6) is 0 Å². The number of aromatic nitrogens is 1. The molecule has 1 fully saturated rings. The highest BCUT2D eigenvalue weighted by Gasteiger charge is 2.34. The number of hydrogen-bond acceptors (Lipinski definition) is 3. The predicted octanol–water partition coefficient (Wildman–Crippen LogP) is 6.42. The van der Waals surface area contributed by atoms with Gasteiger partial charge in [-0.3, -0.25) is 0 Å². The van der Waals surface area contributed by atoms with Gasteiger partial charge in [0.15, 0.2) is 5.58 Å². The van der Waals surface area contributed by atoms with Crippen molar-refractivity contribution in [1.82, 2.24) is 9.88 Å². The Morgan fingerprint density at radius 3 is 2.48 bits per heavy atom. The Morgan fingerprint density at radius 2 is 1.73 bits per heavy atom. The average Bonchev–Trinajstić information content (AvgIpc) is 3.42. The van der Waals surface area contributed by atoms with Crippen LogP contribution in [0.2, 0.25) is 0 Å². The summed E-state index contributed by atoms with van der Waals surface area (Å²) in [5, 5.41) is 2.46. The van der Waals surface area contributed by atoms with Crippen molar-refractivity contribution in [1.29, 1.82) is 0 Å². The highest BCUT2D eigenvalue weighted by atomic mass is 19.1. The molecule has 0 unspecified atom stereocenters. The van der Waals surface area contributed by atoms with Gasteiger partial charge in [0.1, 0.15) is 34.8 Å². The van der Waals surface area contributed by atoms with Gasteiger partial charge in [-0.25, -0.2) is 27.3 Å². The normalized spacial score (nSPS) is 15.9. The minimum atomic E-state index is -0.874. The van der Waals surface area contributed by atoms with Gasteiger partial charge in [0.25, 0.3) is 0 Å². The first-order chi connectivity index (χ1) is 15.9. The molecule has 0 bridgehead atoms. The van der Waals surface area contributed by atoms with E-state index in [9.17, 15) is 22.4 Å². The Balaban J connectivity index is 1.41. The van der Waals surface area contributed by atoms with Crippen LogP contribution in [0, 0.1) is 23.3 Å². The molecule has 2 amide bonds. The van der Waals surface area contributed by atoms with Gasteiger partial charge in [0.05, 0.1) is 5.69 Å². The van der Waals surface area contributed by atoms with Crippen molar-refractivity contribution in [3.63, 3.8) is 0 Å². The van der Waals surface area contributed by atoms with Crippen LogP contribution in [0.3, 0.4) is 0 Å². The number of benzene rings is 3. The summed E-state index contributed by atoms with van der Waals surface area (Å²) in [6.07, 6.45) is 1.28. The molecule has 1 aromatic heterocycles. The molecule has 0 radical (unpaired) electrons. The van der Waals surface area contributed by atoms with Crippen molar-refractivity contribution >= 4 is 22.8 Å². The second-order valence-electron chi connectivity index (χ2n) is 7.76. The van der Waals surface area contributed by atoms with Crippen LogP contribution in [0.15, 0.2) is 59.0 Å². The fraction of sp³-hybridized carbons (Fsp3) is 0.167. The lowest BCUT2D eigenvalue weighted by molar-refractivity contribution is 0.198. The number of carbonyl (C=O) groups excluding carboxylic acids is 1. The highest BCUT2D eigenvalue weighted by Crippen LogP contribution is 2.35. The van der Waals surface area contributed by atoms with Gasteiger partial charge in [0, 0.05) is 24.2 Å². The summed E-state index contributed by atoms with van der Waals surface area (Å²) in [6, 6.07) is 10.1. The van der Waals surface area contributed by atoms with Gasteiger partial charge in [-0.05, 0) is 54.8 Å². The molecule has 5 rings (SSSR count). The van der Waals surface area contributed by atoms with Crippen LogP contribution >= 0.6 is 0 Å². The van der Waals surface area contributed by atoms with Gasteiger partial charge in [-0.15, -0.1) is 0 Å². The molecule has 9 heteroatoms. The van der Waals surface area contributed by atoms with E-state index < -0.39 is 35.3 Å². The molecule has 4 aromatic rings. The fourth-order valence-electron chi connectivity index (χ4n) is 4.02. The summed E-state index contributed by atoms with van der Waals surface area (Å²) in [6.45, 7) is 0.407. The number of amides is 2. The third-order valence-corrected chi connectivity index (χ3v) is 5.62. The van der Waals surface area contributed by atoms with Crippen LogP contribution in [0.1, 0.15) is 24.8 Å². The lowest BCUT2D eigenvalue weighted by atomic mass is 10.0. The maximum absolute atomic E-state index is 14.2. The van der Waals surface area contributed by atoms with E-state index in [0.29, 0.717) is 48.0 Å². The molecule has 1 saturated heterocycles. The quantitative estimate of drug-likeness (QED) is 0.363. The second kappa shape index (κ2) is 8.23. The van der Waals surface area contributed by atoms with Gasteiger partial charge in [-0.1, -0.05) is 6.07 Å². The van der Waals surface area contributed by atoms with Gasteiger partial charge >= 0.3 is 6.03 Å². The number of nitrogens with zero attached hydrogens (tertiary/aromatic N) is 2. The van der Waals surface area contributed by atoms with Crippen LogP contribution in [0.25, 0.3) is 22.2 Å². The van der Waals surface area contributed by atoms with Crippen LogP contribution in [-0.4, -0.2) is 22.5 Å². The third kappa shape index (κ3) is 4.02. The van der Waals surface area contributed by atoms with E-state index in [1.165, 1.54) is 17.0 Å². The van der Waals surface area contributed by atoms with Gasteiger partial charge < -0.3 is 14.6 Å². The number of rotatable bonds is 3. The summed E-state index contributed by atoms with van der Waals surface area (Å²) in [7, 11) is 0. The Morgan fingerprint density at radius 1 is 0.970 bits per heavy atom. The number of halogens is 4. The van der Waals surface area contributed by atoms with Crippen molar-refractivity contribution in [2.75, 3.05) is 11.9 Å². The standard InChI is InChI=1S/C24H17F4N3O2/c25-14-4-6-16(17(27)11-14)13-3-8-22-20(10-13)29-23(33-22)21-2-1-9-31(21)24(32)30-19-7-5-15(26)12-18(19)28/h3-8,10-12,21H,1-2,9H2,(H,30,32)/t21-/m1/s1. The van der Waals surface area contributed by atoms with E-state index >= 15 is 0 Å². The minimum absolute atomic E-state index is 0.129. The van der Waals surface area contributed by atoms with E-state index in [1.54, 1.807) is 18.2 Å². The molecule has 0 spiro atoms. The Bertz CT molecular complexity index is 1370.